The van der Waals surface area contributed by atoms with Gasteiger partial charge in [-0.2, -0.15) is 0 Å². The Kier molecular flexibility index (Phi) is 8.51. The van der Waals surface area contributed by atoms with Crippen molar-refractivity contribution in [3.63, 3.8) is 0 Å². The number of hydrazone groups is 1. The number of hydrogen-bond acceptors (Lipinski definition) is 7. The molecule has 0 spiro atoms. The number of anilines is 2. The van der Waals surface area contributed by atoms with E-state index in [1.807, 2.05) is 32.0 Å². The Bertz CT molecular complexity index is 929. The summed E-state index contributed by atoms with van der Waals surface area (Å²) in [5, 5.41) is 8.27. The van der Waals surface area contributed by atoms with Crippen molar-refractivity contribution in [3.05, 3.63) is 47.5 Å². The topological polar surface area (TPSA) is 118 Å². The summed E-state index contributed by atoms with van der Waals surface area (Å²) in [4.78, 5) is 14.6. The number of carbonyl (C=O) groups is 1. The zero-order chi connectivity index (χ0) is 23.0. The number of nitrogens with two attached hydrogens (primary N) is 2. The number of amidine groups is 1. The monoisotopic (exact) mass is 428 g/mol. The molecule has 0 fully saturated rings. The van der Waals surface area contributed by atoms with Crippen LogP contribution in [0.4, 0.5) is 11.4 Å². The second-order valence-corrected chi connectivity index (χ2v) is 6.58. The highest BCUT2D eigenvalue weighted by Crippen LogP contribution is 2.35. The molecule has 5 N–H and O–H groups in total. The smallest absolute Gasteiger partial charge is 0.246 e. The number of amides is 1. The Morgan fingerprint density at radius 2 is 1.90 bits per heavy atom. The summed E-state index contributed by atoms with van der Waals surface area (Å²) in [6.45, 7) is 4.72. The summed E-state index contributed by atoms with van der Waals surface area (Å²) >= 11 is 0. The van der Waals surface area contributed by atoms with E-state index < -0.39 is 0 Å². The van der Waals surface area contributed by atoms with Crippen molar-refractivity contribution in [2.45, 2.75) is 20.3 Å². The van der Waals surface area contributed by atoms with Gasteiger partial charge in [0, 0.05) is 24.7 Å². The molecule has 9 nitrogen and oxygen atoms in total. The summed E-state index contributed by atoms with van der Waals surface area (Å²) in [5.74, 6) is 7.13. The number of nitrogens with one attached hydrogen (secondary N) is 1. The van der Waals surface area contributed by atoms with Gasteiger partial charge in [0.2, 0.25) is 5.91 Å². The van der Waals surface area contributed by atoms with Crippen molar-refractivity contribution in [2.75, 3.05) is 44.6 Å². The first-order valence-electron chi connectivity index (χ1n) is 10.2. The molecule has 168 valence electrons. The van der Waals surface area contributed by atoms with Crippen molar-refractivity contribution in [1.82, 2.24) is 5.12 Å². The largest absolute Gasteiger partial charge is 0.496 e. The van der Waals surface area contributed by atoms with Crippen molar-refractivity contribution in [1.29, 1.82) is 0 Å². The van der Waals surface area contributed by atoms with Crippen LogP contribution in [0.25, 0.3) is 0 Å². The first kappa shape index (κ1) is 23.8. The molecular weight excluding hydrogens is 396 g/mol. The van der Waals surface area contributed by atoms with E-state index in [0.29, 0.717) is 23.5 Å². The number of rotatable bonds is 7. The van der Waals surface area contributed by atoms with Crippen LogP contribution < -0.4 is 31.3 Å². The fourth-order valence-electron chi connectivity index (χ4n) is 3.35. The number of methoxy groups -OCH3 is 2. The van der Waals surface area contributed by atoms with Gasteiger partial charge >= 0.3 is 0 Å². The summed E-state index contributed by atoms with van der Waals surface area (Å²) in [6.07, 6.45) is 0.767. The van der Waals surface area contributed by atoms with E-state index in [1.165, 1.54) is 0 Å². The number of benzene rings is 2. The van der Waals surface area contributed by atoms with Gasteiger partial charge in [-0.3, -0.25) is 4.79 Å². The van der Waals surface area contributed by atoms with Gasteiger partial charge in [0.15, 0.2) is 5.84 Å². The van der Waals surface area contributed by atoms with Crippen LogP contribution in [-0.4, -0.2) is 51.2 Å². The fourth-order valence-corrected chi connectivity index (χ4v) is 3.35. The van der Waals surface area contributed by atoms with E-state index in [-0.39, 0.29) is 18.3 Å². The molecule has 0 radical (unpaired) electrons. The average molecular weight is 429 g/mol. The molecular formula is C22H32N6O3. The van der Waals surface area contributed by atoms with E-state index in [9.17, 15) is 4.79 Å². The summed E-state index contributed by atoms with van der Waals surface area (Å²) in [7, 11) is 4.78. The first-order valence-corrected chi connectivity index (χ1v) is 10.2. The molecule has 0 saturated heterocycles. The number of hydrazine groups is 1. The lowest BCUT2D eigenvalue weighted by Crippen LogP contribution is -2.34. The van der Waals surface area contributed by atoms with Crippen molar-refractivity contribution < 1.29 is 14.3 Å². The van der Waals surface area contributed by atoms with Crippen LogP contribution in [0.1, 0.15) is 25.0 Å². The molecule has 0 atom stereocenters. The third-order valence-corrected chi connectivity index (χ3v) is 4.70. The number of hydrogen-bond donors (Lipinski definition) is 3. The Balaban J connectivity index is 0.00000166. The van der Waals surface area contributed by atoms with E-state index in [1.54, 1.807) is 44.4 Å². The Morgan fingerprint density at radius 3 is 2.55 bits per heavy atom. The van der Waals surface area contributed by atoms with Gasteiger partial charge in [0.25, 0.3) is 0 Å². The van der Waals surface area contributed by atoms with Crippen molar-refractivity contribution in [3.8, 4) is 11.5 Å². The van der Waals surface area contributed by atoms with E-state index in [4.69, 9.17) is 21.1 Å². The Labute approximate surface area is 183 Å². The van der Waals surface area contributed by atoms with Crippen LogP contribution in [0.2, 0.25) is 0 Å². The Hall–Kier alpha value is -3.46. The van der Waals surface area contributed by atoms with Crippen LogP contribution in [0.3, 0.4) is 0 Å². The molecule has 0 saturated carbocycles. The number of carbonyl (C=O) groups excluding carboxylic acids is 1. The average Bonchev–Trinajstić information content (AvgIpc) is 3.22. The standard InChI is InChI=1S/C20H26N6O3.C2H6/c1-25(22)24-20(21)13-7-8-18(29-3)15(11-13)23-12-19(27)26-10-9-14-16(26)5-4-6-17(14)28-2;1-2/h4-8,11,23H,9-10,12,22H2,1-3H3,(H2,21,24);1-2H3. The maximum atomic E-state index is 12.9. The molecule has 1 aliphatic rings. The highest BCUT2D eigenvalue weighted by Gasteiger charge is 2.26. The summed E-state index contributed by atoms with van der Waals surface area (Å²) in [6, 6.07) is 11.0. The molecule has 31 heavy (non-hydrogen) atoms. The van der Waals surface area contributed by atoms with E-state index >= 15 is 0 Å². The molecule has 1 aliphatic heterocycles. The second kappa shape index (κ2) is 11.1. The normalized spacial score (nSPS) is 12.5. The van der Waals surface area contributed by atoms with Crippen LogP contribution in [0.15, 0.2) is 41.5 Å². The van der Waals surface area contributed by atoms with Crippen LogP contribution in [-0.2, 0) is 11.2 Å². The molecule has 2 aromatic carbocycles. The molecule has 2 aromatic rings. The third kappa shape index (κ3) is 5.58. The molecule has 0 unspecified atom stereocenters. The summed E-state index contributed by atoms with van der Waals surface area (Å²) in [5.41, 5.74) is 9.21. The Morgan fingerprint density at radius 1 is 1.19 bits per heavy atom. The van der Waals surface area contributed by atoms with Gasteiger partial charge in [0.05, 0.1) is 32.1 Å². The van der Waals surface area contributed by atoms with Gasteiger partial charge in [-0.15, -0.1) is 5.10 Å². The van der Waals surface area contributed by atoms with Gasteiger partial charge < -0.3 is 25.4 Å². The summed E-state index contributed by atoms with van der Waals surface area (Å²) < 4.78 is 10.8. The van der Waals surface area contributed by atoms with Gasteiger partial charge in [-0.1, -0.05) is 19.9 Å². The van der Waals surface area contributed by atoms with Crippen LogP contribution in [0.5, 0.6) is 11.5 Å². The molecule has 3 rings (SSSR count). The minimum atomic E-state index is -0.0483. The number of fused-ring (bicyclic) bond motifs is 1. The SMILES string of the molecule is CC.COc1ccc(/C(N)=N/N(C)N)cc1NCC(=O)N1CCc2c(OC)cccc21. The minimum absolute atomic E-state index is 0.0483. The zero-order valence-corrected chi connectivity index (χ0v) is 18.8. The second-order valence-electron chi connectivity index (χ2n) is 6.58. The number of nitrogens with zero attached hydrogens (tertiary/aromatic N) is 3. The van der Waals surface area contributed by atoms with Crippen LogP contribution >= 0.6 is 0 Å². The molecule has 9 heteroatoms. The van der Waals surface area contributed by atoms with Gasteiger partial charge in [-0.05, 0) is 36.8 Å². The lowest BCUT2D eigenvalue weighted by atomic mass is 10.1. The molecule has 0 aromatic heterocycles. The maximum absolute atomic E-state index is 12.9. The highest BCUT2D eigenvalue weighted by molar-refractivity contribution is 6.00. The molecule has 1 amide bonds. The highest BCUT2D eigenvalue weighted by atomic mass is 16.5. The maximum Gasteiger partial charge on any atom is 0.246 e. The molecule has 1 heterocycles. The third-order valence-electron chi connectivity index (χ3n) is 4.70. The molecule has 0 bridgehead atoms. The van der Waals surface area contributed by atoms with Gasteiger partial charge in [0.1, 0.15) is 11.5 Å². The zero-order valence-electron chi connectivity index (χ0n) is 18.8. The van der Waals surface area contributed by atoms with E-state index in [0.717, 1.165) is 28.5 Å². The number of ether oxygens (including phenoxy) is 2. The fraction of sp³-hybridized carbons (Fsp3) is 0.364. The predicted octanol–water partition coefficient (Wildman–Crippen LogP) is 2.16. The van der Waals surface area contributed by atoms with Crippen molar-refractivity contribution >= 4 is 23.1 Å². The van der Waals surface area contributed by atoms with Gasteiger partial charge in [-0.25, -0.2) is 11.0 Å². The van der Waals surface area contributed by atoms with E-state index in [2.05, 4.69) is 10.4 Å². The predicted molar refractivity (Wildman–Crippen MR) is 125 cm³/mol. The van der Waals surface area contributed by atoms with Crippen LogP contribution in [0, 0.1) is 0 Å². The minimum Gasteiger partial charge on any atom is -0.496 e. The lowest BCUT2D eigenvalue weighted by molar-refractivity contribution is -0.116. The van der Waals surface area contributed by atoms with Crippen molar-refractivity contribution in [2.24, 2.45) is 16.7 Å². The lowest BCUT2D eigenvalue weighted by Gasteiger charge is -2.19. The quantitative estimate of drug-likeness (QED) is 0.268. The molecule has 0 aliphatic carbocycles. The first-order chi connectivity index (χ1) is 14.9.